The van der Waals surface area contributed by atoms with Gasteiger partial charge in [-0.2, -0.15) is 0 Å². The molecule has 1 N–H and O–H groups in total. The van der Waals surface area contributed by atoms with E-state index in [0.29, 0.717) is 35.1 Å². The smallest absolute Gasteiger partial charge is 0.243 e. The molecule has 0 aliphatic heterocycles. The van der Waals surface area contributed by atoms with Crippen LogP contribution in [0, 0.1) is 0 Å². The summed E-state index contributed by atoms with van der Waals surface area (Å²) in [5, 5.41) is 3.96. The van der Waals surface area contributed by atoms with E-state index in [9.17, 15) is 9.59 Å². The number of ether oxygens (including phenoxy) is 1. The van der Waals surface area contributed by atoms with Gasteiger partial charge in [0.25, 0.3) is 0 Å². The molecule has 3 aromatic rings. The van der Waals surface area contributed by atoms with Crippen molar-refractivity contribution in [2.24, 2.45) is 0 Å². The van der Waals surface area contributed by atoms with E-state index < -0.39 is 11.6 Å². The van der Waals surface area contributed by atoms with E-state index in [-0.39, 0.29) is 24.8 Å². The van der Waals surface area contributed by atoms with Crippen molar-refractivity contribution in [1.82, 2.24) is 10.2 Å². The number of hydrogen-bond donors (Lipinski definition) is 1. The highest BCUT2D eigenvalue weighted by atomic mass is 35.5. The van der Waals surface area contributed by atoms with E-state index in [0.717, 1.165) is 11.3 Å². The van der Waals surface area contributed by atoms with Gasteiger partial charge in [0.05, 0.1) is 6.61 Å². The lowest BCUT2D eigenvalue weighted by atomic mass is 10.00. The summed E-state index contributed by atoms with van der Waals surface area (Å²) in [7, 11) is 0. The zero-order chi connectivity index (χ0) is 26.8. The first kappa shape index (κ1) is 28.5. The topological polar surface area (TPSA) is 58.6 Å². The Morgan fingerprint density at radius 3 is 2.08 bits per heavy atom. The monoisotopic (exact) mass is 540 g/mol. The molecule has 0 unspecified atom stereocenters. The number of nitrogens with one attached hydrogen (secondary N) is 1. The standard InChI is InChI=1S/C30H34Cl2N2O3/c1-30(2,3)33-29(36)27(20-22-12-6-4-7-13-22)34(21-24-25(31)16-10-17-26(24)32)28(35)18-11-19-37-23-14-8-5-9-15-23/h4-10,12-17,27H,11,18-21H2,1-3H3,(H,33,36)/t27-/m0/s1. The third-order valence-corrected chi connectivity index (χ3v) is 6.41. The van der Waals surface area contributed by atoms with Crippen LogP contribution in [0.3, 0.4) is 0 Å². The summed E-state index contributed by atoms with van der Waals surface area (Å²) in [6.07, 6.45) is 1.07. The minimum Gasteiger partial charge on any atom is -0.494 e. The molecular formula is C30H34Cl2N2O3. The Morgan fingerprint density at radius 1 is 0.892 bits per heavy atom. The number of carbonyl (C=O) groups is 2. The van der Waals surface area contributed by atoms with Crippen LogP contribution in [-0.2, 0) is 22.6 Å². The van der Waals surface area contributed by atoms with Crippen LogP contribution < -0.4 is 10.1 Å². The molecule has 0 aromatic heterocycles. The van der Waals surface area contributed by atoms with Gasteiger partial charge in [-0.1, -0.05) is 77.8 Å². The van der Waals surface area contributed by atoms with Gasteiger partial charge < -0.3 is 15.0 Å². The molecule has 196 valence electrons. The number of para-hydroxylation sites is 1. The molecule has 37 heavy (non-hydrogen) atoms. The highest BCUT2D eigenvalue weighted by molar-refractivity contribution is 6.36. The van der Waals surface area contributed by atoms with Crippen LogP contribution >= 0.6 is 23.2 Å². The summed E-state index contributed by atoms with van der Waals surface area (Å²) >= 11 is 13.0. The summed E-state index contributed by atoms with van der Waals surface area (Å²) in [4.78, 5) is 28.9. The van der Waals surface area contributed by atoms with Crippen molar-refractivity contribution >= 4 is 35.0 Å². The molecule has 0 saturated heterocycles. The van der Waals surface area contributed by atoms with E-state index in [2.05, 4.69) is 5.32 Å². The van der Waals surface area contributed by atoms with Gasteiger partial charge in [0.2, 0.25) is 11.8 Å². The average molecular weight is 542 g/mol. The molecule has 0 aliphatic rings. The van der Waals surface area contributed by atoms with Gasteiger partial charge in [-0.3, -0.25) is 9.59 Å². The van der Waals surface area contributed by atoms with Crippen LogP contribution in [0.4, 0.5) is 0 Å². The molecule has 2 amide bonds. The SMILES string of the molecule is CC(C)(C)NC(=O)[C@H](Cc1ccccc1)N(Cc1c(Cl)cccc1Cl)C(=O)CCCOc1ccccc1. The highest BCUT2D eigenvalue weighted by Gasteiger charge is 2.32. The van der Waals surface area contributed by atoms with Gasteiger partial charge in [-0.15, -0.1) is 0 Å². The Hall–Kier alpha value is -3.02. The number of rotatable bonds is 11. The third kappa shape index (κ3) is 9.10. The van der Waals surface area contributed by atoms with E-state index >= 15 is 0 Å². The fourth-order valence-corrected chi connectivity index (χ4v) is 4.45. The van der Waals surface area contributed by atoms with E-state index in [4.69, 9.17) is 27.9 Å². The summed E-state index contributed by atoms with van der Waals surface area (Å²) in [6.45, 7) is 6.26. The molecule has 5 nitrogen and oxygen atoms in total. The van der Waals surface area contributed by atoms with Crippen molar-refractivity contribution in [3.05, 3.63) is 100 Å². The van der Waals surface area contributed by atoms with Crippen LogP contribution in [0.15, 0.2) is 78.9 Å². The van der Waals surface area contributed by atoms with Gasteiger partial charge >= 0.3 is 0 Å². The zero-order valence-corrected chi connectivity index (χ0v) is 23.1. The normalized spacial score (nSPS) is 12.0. The summed E-state index contributed by atoms with van der Waals surface area (Å²) in [6, 6.07) is 23.6. The molecule has 1 atom stereocenters. The van der Waals surface area contributed by atoms with Crippen LogP contribution in [0.25, 0.3) is 0 Å². The molecule has 3 aromatic carbocycles. The van der Waals surface area contributed by atoms with Crippen molar-refractivity contribution in [1.29, 1.82) is 0 Å². The molecule has 0 saturated carbocycles. The lowest BCUT2D eigenvalue weighted by molar-refractivity contribution is -0.142. The zero-order valence-electron chi connectivity index (χ0n) is 21.5. The highest BCUT2D eigenvalue weighted by Crippen LogP contribution is 2.28. The Kier molecular flexibility index (Phi) is 10.4. The first-order valence-electron chi connectivity index (χ1n) is 12.4. The third-order valence-electron chi connectivity index (χ3n) is 5.71. The second-order valence-electron chi connectivity index (χ2n) is 9.93. The molecule has 0 bridgehead atoms. The molecule has 0 aliphatic carbocycles. The number of hydrogen-bond acceptors (Lipinski definition) is 3. The first-order chi connectivity index (χ1) is 17.6. The second-order valence-corrected chi connectivity index (χ2v) is 10.7. The van der Waals surface area contributed by atoms with Crippen molar-refractivity contribution in [3.63, 3.8) is 0 Å². The maximum atomic E-state index is 13.7. The minimum atomic E-state index is -0.753. The lowest BCUT2D eigenvalue weighted by Gasteiger charge is -2.34. The Morgan fingerprint density at radius 2 is 1.49 bits per heavy atom. The van der Waals surface area contributed by atoms with Crippen LogP contribution in [0.1, 0.15) is 44.7 Å². The predicted octanol–water partition coefficient (Wildman–Crippen LogP) is 6.71. The Labute approximate surface area is 229 Å². The second kappa shape index (κ2) is 13.5. The molecular weight excluding hydrogens is 507 g/mol. The summed E-state index contributed by atoms with van der Waals surface area (Å²) in [5.41, 5.74) is 1.10. The fraction of sp³-hybridized carbons (Fsp3) is 0.333. The Bertz CT molecular complexity index is 1140. The van der Waals surface area contributed by atoms with Gasteiger partial charge in [0.1, 0.15) is 11.8 Å². The maximum Gasteiger partial charge on any atom is 0.243 e. The molecule has 0 fully saturated rings. The molecule has 7 heteroatoms. The van der Waals surface area contributed by atoms with E-state index in [1.807, 2.05) is 81.4 Å². The van der Waals surface area contributed by atoms with Gasteiger partial charge in [-0.05, 0) is 57.0 Å². The summed E-state index contributed by atoms with van der Waals surface area (Å²) < 4.78 is 5.77. The average Bonchev–Trinajstić information content (AvgIpc) is 2.85. The molecule has 0 spiro atoms. The largest absolute Gasteiger partial charge is 0.494 e. The van der Waals surface area contributed by atoms with Crippen LogP contribution in [0.5, 0.6) is 5.75 Å². The molecule has 0 heterocycles. The van der Waals surface area contributed by atoms with E-state index in [1.165, 1.54) is 0 Å². The first-order valence-corrected chi connectivity index (χ1v) is 13.2. The molecule has 3 rings (SSSR count). The summed E-state index contributed by atoms with van der Waals surface area (Å²) in [5.74, 6) is 0.354. The fourth-order valence-electron chi connectivity index (χ4n) is 3.93. The Balaban J connectivity index is 1.87. The van der Waals surface area contributed by atoms with Gasteiger partial charge in [0, 0.05) is 40.5 Å². The predicted molar refractivity (Wildman–Crippen MR) is 150 cm³/mol. The minimum absolute atomic E-state index is 0.117. The van der Waals surface area contributed by atoms with E-state index in [1.54, 1.807) is 23.1 Å². The molecule has 0 radical (unpaired) electrons. The maximum absolute atomic E-state index is 13.7. The quantitative estimate of drug-likeness (QED) is 0.275. The van der Waals surface area contributed by atoms with Crippen LogP contribution in [-0.4, -0.2) is 34.9 Å². The lowest BCUT2D eigenvalue weighted by Crippen LogP contribution is -2.54. The van der Waals surface area contributed by atoms with Crippen molar-refractivity contribution in [3.8, 4) is 5.75 Å². The van der Waals surface area contributed by atoms with Crippen molar-refractivity contribution in [2.75, 3.05) is 6.61 Å². The van der Waals surface area contributed by atoms with Gasteiger partial charge in [0.15, 0.2) is 0 Å². The number of benzene rings is 3. The van der Waals surface area contributed by atoms with Crippen molar-refractivity contribution < 1.29 is 14.3 Å². The van der Waals surface area contributed by atoms with Gasteiger partial charge in [-0.25, -0.2) is 0 Å². The number of nitrogens with zero attached hydrogens (tertiary/aromatic N) is 1. The number of carbonyl (C=O) groups excluding carboxylic acids is 2. The number of amides is 2. The van der Waals surface area contributed by atoms with Crippen molar-refractivity contribution in [2.45, 2.75) is 58.2 Å². The van der Waals surface area contributed by atoms with Crippen LogP contribution in [0.2, 0.25) is 10.0 Å². The number of halogens is 2.